The third-order valence-corrected chi connectivity index (χ3v) is 6.82. The van der Waals surface area contributed by atoms with E-state index >= 15 is 0 Å². The Balaban J connectivity index is 0.000000141. The average Bonchev–Trinajstić information content (AvgIpc) is 3.49. The molecule has 0 aromatic rings. The van der Waals surface area contributed by atoms with Crippen LogP contribution in [0, 0.1) is 35.5 Å². The maximum Gasteiger partial charge on any atom is 0.306 e. The molecule has 0 radical (unpaired) electrons. The molecule has 4 rings (SSSR count). The van der Waals surface area contributed by atoms with Crippen LogP contribution in [0.5, 0.6) is 0 Å². The minimum absolute atomic E-state index is 0.0214. The van der Waals surface area contributed by atoms with Gasteiger partial charge in [0.05, 0.1) is 11.8 Å². The van der Waals surface area contributed by atoms with Gasteiger partial charge in [0.1, 0.15) is 0 Å². The van der Waals surface area contributed by atoms with Gasteiger partial charge in [-0.25, -0.2) is 0 Å². The van der Waals surface area contributed by atoms with Crippen molar-refractivity contribution in [3.8, 4) is 0 Å². The molecule has 0 unspecified atom stereocenters. The third-order valence-electron chi connectivity index (χ3n) is 6.82. The molecule has 4 fully saturated rings. The van der Waals surface area contributed by atoms with E-state index in [9.17, 15) is 9.59 Å². The minimum atomic E-state index is -0.564. The molecule has 4 atom stereocenters. The van der Waals surface area contributed by atoms with Crippen molar-refractivity contribution in [1.29, 1.82) is 0 Å². The summed E-state index contributed by atoms with van der Waals surface area (Å²) < 4.78 is 0. The van der Waals surface area contributed by atoms with Gasteiger partial charge in [0.15, 0.2) is 0 Å². The van der Waals surface area contributed by atoms with E-state index in [1.165, 1.54) is 64.2 Å². The second-order valence-corrected chi connectivity index (χ2v) is 8.48. The Morgan fingerprint density at radius 2 is 0.917 bits per heavy atom. The van der Waals surface area contributed by atoms with Gasteiger partial charge in [-0.2, -0.15) is 0 Å². The molecule has 0 bridgehead atoms. The summed E-state index contributed by atoms with van der Waals surface area (Å²) in [6.07, 6.45) is 15.1. The SMILES string of the molecule is O=C(O)[C@@H]1C[C@H]1C1CCCCC1.O=C(O)[C@H]1C[C@@H]1C1CCCCC1. The molecule has 0 heterocycles. The summed E-state index contributed by atoms with van der Waals surface area (Å²) in [5.74, 6) is 1.50. The first kappa shape index (κ1) is 17.8. The number of aliphatic carboxylic acids is 2. The van der Waals surface area contributed by atoms with Crippen molar-refractivity contribution < 1.29 is 19.8 Å². The third kappa shape index (κ3) is 4.52. The predicted octanol–water partition coefficient (Wildman–Crippen LogP) is 4.57. The number of hydrogen-bond acceptors (Lipinski definition) is 2. The zero-order valence-corrected chi connectivity index (χ0v) is 14.7. The summed E-state index contributed by atoms with van der Waals surface area (Å²) >= 11 is 0. The second-order valence-electron chi connectivity index (χ2n) is 8.48. The number of rotatable bonds is 4. The van der Waals surface area contributed by atoms with E-state index in [4.69, 9.17) is 10.2 Å². The lowest BCUT2D eigenvalue weighted by Crippen LogP contribution is -2.11. The lowest BCUT2D eigenvalue weighted by molar-refractivity contribution is -0.140. The van der Waals surface area contributed by atoms with Gasteiger partial charge in [-0.1, -0.05) is 64.2 Å². The average molecular weight is 336 g/mol. The van der Waals surface area contributed by atoms with Crippen molar-refractivity contribution in [3.63, 3.8) is 0 Å². The maximum atomic E-state index is 10.6. The molecule has 0 aromatic heterocycles. The molecule has 0 aromatic carbocycles. The van der Waals surface area contributed by atoms with E-state index in [0.717, 1.165) is 24.7 Å². The molecule has 4 heteroatoms. The summed E-state index contributed by atoms with van der Waals surface area (Å²) in [6.45, 7) is 0. The van der Waals surface area contributed by atoms with Crippen LogP contribution in [0.25, 0.3) is 0 Å². The second kappa shape index (κ2) is 7.88. The molecule has 0 amide bonds. The highest BCUT2D eigenvalue weighted by molar-refractivity contribution is 5.73. The van der Waals surface area contributed by atoms with Gasteiger partial charge in [-0.15, -0.1) is 0 Å². The fourth-order valence-electron chi connectivity index (χ4n) is 5.16. The molecular formula is C20H32O4. The standard InChI is InChI=1S/2C10H16O2/c2*11-10(12)9-6-8(9)7-4-2-1-3-5-7/h2*7-9H,1-6H2,(H,11,12)/t2*8-,9+/m10/s1. The Labute approximate surface area is 145 Å². The fourth-order valence-corrected chi connectivity index (χ4v) is 5.16. The topological polar surface area (TPSA) is 74.6 Å². The smallest absolute Gasteiger partial charge is 0.306 e. The van der Waals surface area contributed by atoms with Gasteiger partial charge < -0.3 is 10.2 Å². The van der Waals surface area contributed by atoms with E-state index in [1.54, 1.807) is 0 Å². The van der Waals surface area contributed by atoms with Gasteiger partial charge in [-0.3, -0.25) is 9.59 Å². The van der Waals surface area contributed by atoms with Crippen LogP contribution in [-0.4, -0.2) is 22.2 Å². The van der Waals surface area contributed by atoms with Gasteiger partial charge in [-0.05, 0) is 36.5 Å². The summed E-state index contributed by atoms with van der Waals surface area (Å²) in [5, 5.41) is 17.5. The van der Waals surface area contributed by atoms with Gasteiger partial charge >= 0.3 is 11.9 Å². The zero-order chi connectivity index (χ0) is 17.1. The van der Waals surface area contributed by atoms with Crippen LogP contribution < -0.4 is 0 Å². The van der Waals surface area contributed by atoms with Crippen molar-refractivity contribution in [2.75, 3.05) is 0 Å². The summed E-state index contributed by atoms with van der Waals surface area (Å²) in [7, 11) is 0. The number of hydrogen-bond donors (Lipinski definition) is 2. The number of carboxylic acids is 2. The summed E-state index contributed by atoms with van der Waals surface area (Å²) in [6, 6.07) is 0. The predicted molar refractivity (Wildman–Crippen MR) is 91.6 cm³/mol. The van der Waals surface area contributed by atoms with E-state index in [0.29, 0.717) is 11.8 Å². The molecule has 0 spiro atoms. The van der Waals surface area contributed by atoms with Crippen LogP contribution in [0.2, 0.25) is 0 Å². The molecule has 4 aliphatic carbocycles. The molecule has 4 saturated carbocycles. The lowest BCUT2D eigenvalue weighted by Gasteiger charge is -2.21. The van der Waals surface area contributed by atoms with E-state index in [-0.39, 0.29) is 11.8 Å². The Morgan fingerprint density at radius 3 is 1.17 bits per heavy atom. The first-order valence-electron chi connectivity index (χ1n) is 10.0. The Bertz CT molecular complexity index is 407. The van der Waals surface area contributed by atoms with Gasteiger partial charge in [0, 0.05) is 0 Å². The van der Waals surface area contributed by atoms with E-state index < -0.39 is 11.9 Å². The van der Waals surface area contributed by atoms with Crippen LogP contribution in [0.3, 0.4) is 0 Å². The van der Waals surface area contributed by atoms with Gasteiger partial charge in [0.25, 0.3) is 0 Å². The quantitative estimate of drug-likeness (QED) is 0.788. The zero-order valence-electron chi connectivity index (χ0n) is 14.7. The first-order valence-corrected chi connectivity index (χ1v) is 10.0. The molecule has 136 valence electrons. The van der Waals surface area contributed by atoms with Crippen molar-refractivity contribution in [2.45, 2.75) is 77.0 Å². The van der Waals surface area contributed by atoms with Crippen molar-refractivity contribution in [3.05, 3.63) is 0 Å². The highest BCUT2D eigenvalue weighted by Gasteiger charge is 2.48. The molecule has 24 heavy (non-hydrogen) atoms. The molecule has 2 N–H and O–H groups in total. The Morgan fingerprint density at radius 1 is 0.583 bits per heavy atom. The highest BCUT2D eigenvalue weighted by atomic mass is 16.4. The Kier molecular flexibility index (Phi) is 5.83. The minimum Gasteiger partial charge on any atom is -0.481 e. The fraction of sp³-hybridized carbons (Fsp3) is 0.900. The lowest BCUT2D eigenvalue weighted by atomic mass is 9.85. The Hall–Kier alpha value is -1.06. The van der Waals surface area contributed by atoms with Gasteiger partial charge in [0.2, 0.25) is 0 Å². The van der Waals surface area contributed by atoms with Crippen LogP contribution in [0.4, 0.5) is 0 Å². The largest absolute Gasteiger partial charge is 0.481 e. The number of carbonyl (C=O) groups is 2. The van der Waals surface area contributed by atoms with Crippen LogP contribution in [0.1, 0.15) is 77.0 Å². The summed E-state index contributed by atoms with van der Waals surface area (Å²) in [4.78, 5) is 21.2. The molecule has 4 nitrogen and oxygen atoms in total. The highest BCUT2D eigenvalue weighted by Crippen LogP contribution is 2.50. The molecule has 4 aliphatic rings. The normalized spacial score (nSPS) is 36.3. The first-order chi connectivity index (χ1) is 11.6. The van der Waals surface area contributed by atoms with Crippen LogP contribution in [-0.2, 0) is 9.59 Å². The number of carboxylic acid groups (broad SMARTS) is 2. The van der Waals surface area contributed by atoms with Crippen molar-refractivity contribution in [1.82, 2.24) is 0 Å². The van der Waals surface area contributed by atoms with Crippen LogP contribution in [0.15, 0.2) is 0 Å². The van der Waals surface area contributed by atoms with Crippen LogP contribution >= 0.6 is 0 Å². The molecule has 0 aliphatic heterocycles. The summed E-state index contributed by atoms with van der Waals surface area (Å²) in [5.41, 5.74) is 0. The van der Waals surface area contributed by atoms with E-state index in [1.807, 2.05) is 0 Å². The molecular weight excluding hydrogens is 304 g/mol. The molecule has 0 saturated heterocycles. The van der Waals surface area contributed by atoms with Crippen molar-refractivity contribution >= 4 is 11.9 Å². The van der Waals surface area contributed by atoms with Crippen molar-refractivity contribution in [2.24, 2.45) is 35.5 Å². The van der Waals surface area contributed by atoms with E-state index in [2.05, 4.69) is 0 Å². The maximum absolute atomic E-state index is 10.6. The monoisotopic (exact) mass is 336 g/mol.